The molecule has 2 heterocycles. The number of para-hydroxylation sites is 1. The van der Waals surface area contributed by atoms with Gasteiger partial charge in [0.15, 0.2) is 0 Å². The van der Waals surface area contributed by atoms with Crippen LogP contribution >= 0.6 is 0 Å². The van der Waals surface area contributed by atoms with Crippen molar-refractivity contribution in [3.05, 3.63) is 36.0 Å². The second-order valence-corrected chi connectivity index (χ2v) is 7.90. The van der Waals surface area contributed by atoms with Gasteiger partial charge in [0.05, 0.1) is 0 Å². The maximum Gasteiger partial charge on any atom is 0.410 e. The minimum Gasteiger partial charge on any atom is -0.444 e. The molecule has 1 amide bonds. The van der Waals surface area contributed by atoms with Gasteiger partial charge in [-0.3, -0.25) is 0 Å². The second-order valence-electron chi connectivity index (χ2n) is 7.90. The summed E-state index contributed by atoms with van der Waals surface area (Å²) in [5, 5.41) is 4.97. The molecule has 0 bridgehead atoms. The summed E-state index contributed by atoms with van der Waals surface area (Å²) in [6, 6.07) is 8.94. The van der Waals surface area contributed by atoms with Crippen LogP contribution in [0.15, 0.2) is 30.5 Å². The molecule has 0 atom stereocenters. The SMILES string of the molecule is Cn1cc(CNC2CCN(C(=O)OC(C)(C)C)CC2)c2ccccc21. The Morgan fingerprint density at radius 1 is 1.24 bits per heavy atom. The number of nitrogens with zero attached hydrogens (tertiary/aromatic N) is 2. The molecule has 0 unspecified atom stereocenters. The molecule has 1 aromatic heterocycles. The minimum absolute atomic E-state index is 0.194. The smallest absolute Gasteiger partial charge is 0.410 e. The minimum atomic E-state index is -0.430. The normalized spacial score (nSPS) is 16.4. The van der Waals surface area contributed by atoms with E-state index in [9.17, 15) is 4.79 Å². The lowest BCUT2D eigenvalue weighted by atomic mass is 10.0. The molecule has 0 aliphatic carbocycles. The number of likely N-dealkylation sites (tertiary alicyclic amines) is 1. The van der Waals surface area contributed by atoms with Crippen LogP contribution in [0.2, 0.25) is 0 Å². The van der Waals surface area contributed by atoms with Crippen molar-refractivity contribution in [1.82, 2.24) is 14.8 Å². The third kappa shape index (κ3) is 4.34. The molecule has 1 fully saturated rings. The monoisotopic (exact) mass is 343 g/mol. The highest BCUT2D eigenvalue weighted by molar-refractivity contribution is 5.83. The van der Waals surface area contributed by atoms with E-state index in [-0.39, 0.29) is 6.09 Å². The van der Waals surface area contributed by atoms with Crippen molar-refractivity contribution in [3.8, 4) is 0 Å². The molecule has 5 heteroatoms. The molecular weight excluding hydrogens is 314 g/mol. The van der Waals surface area contributed by atoms with Crippen molar-refractivity contribution < 1.29 is 9.53 Å². The predicted octanol–water partition coefficient (Wildman–Crippen LogP) is 3.67. The highest BCUT2D eigenvalue weighted by Crippen LogP contribution is 2.21. The van der Waals surface area contributed by atoms with Crippen LogP contribution in [0.4, 0.5) is 4.79 Å². The van der Waals surface area contributed by atoms with E-state index in [0.717, 1.165) is 32.5 Å². The number of carbonyl (C=O) groups excluding carboxylic acids is 1. The third-order valence-electron chi connectivity index (χ3n) is 4.71. The third-order valence-corrected chi connectivity index (χ3v) is 4.71. The van der Waals surface area contributed by atoms with Crippen molar-refractivity contribution in [1.29, 1.82) is 0 Å². The second kappa shape index (κ2) is 7.08. The largest absolute Gasteiger partial charge is 0.444 e. The molecule has 1 aliphatic rings. The zero-order valence-corrected chi connectivity index (χ0v) is 15.7. The molecule has 136 valence electrons. The van der Waals surface area contributed by atoms with Gasteiger partial charge < -0.3 is 19.5 Å². The van der Waals surface area contributed by atoms with Crippen LogP contribution in [0.1, 0.15) is 39.2 Å². The number of benzene rings is 1. The van der Waals surface area contributed by atoms with E-state index in [1.54, 1.807) is 0 Å². The summed E-state index contributed by atoms with van der Waals surface area (Å²) in [6.07, 6.45) is 3.93. The summed E-state index contributed by atoms with van der Waals surface area (Å²) in [7, 11) is 2.09. The van der Waals surface area contributed by atoms with E-state index >= 15 is 0 Å². The first kappa shape index (κ1) is 17.8. The quantitative estimate of drug-likeness (QED) is 0.925. The fourth-order valence-corrected chi connectivity index (χ4v) is 3.41. The van der Waals surface area contributed by atoms with Crippen LogP contribution in [0.3, 0.4) is 0 Å². The van der Waals surface area contributed by atoms with Crippen LogP contribution in [0.25, 0.3) is 10.9 Å². The molecule has 3 rings (SSSR count). The molecule has 0 saturated carbocycles. The fourth-order valence-electron chi connectivity index (χ4n) is 3.41. The van der Waals surface area contributed by atoms with E-state index in [0.29, 0.717) is 6.04 Å². The van der Waals surface area contributed by atoms with Gasteiger partial charge in [0.2, 0.25) is 0 Å². The first-order valence-corrected chi connectivity index (χ1v) is 9.08. The fraction of sp³-hybridized carbons (Fsp3) is 0.550. The summed E-state index contributed by atoms with van der Waals surface area (Å²) >= 11 is 0. The lowest BCUT2D eigenvalue weighted by Gasteiger charge is -2.33. The molecular formula is C20H29N3O2. The van der Waals surface area contributed by atoms with E-state index in [1.165, 1.54) is 16.5 Å². The van der Waals surface area contributed by atoms with Crippen LogP contribution < -0.4 is 5.32 Å². The number of hydrogen-bond acceptors (Lipinski definition) is 3. The van der Waals surface area contributed by atoms with E-state index < -0.39 is 5.60 Å². The number of piperidine rings is 1. The van der Waals surface area contributed by atoms with Crippen LogP contribution in [-0.4, -0.2) is 40.3 Å². The maximum absolute atomic E-state index is 12.1. The number of aromatic nitrogens is 1. The van der Waals surface area contributed by atoms with Gasteiger partial charge in [-0.25, -0.2) is 4.79 Å². The number of aryl methyl sites for hydroxylation is 1. The molecule has 2 aromatic rings. The van der Waals surface area contributed by atoms with E-state index in [4.69, 9.17) is 4.74 Å². The van der Waals surface area contributed by atoms with Gasteiger partial charge in [0.25, 0.3) is 0 Å². The number of carbonyl (C=O) groups is 1. The van der Waals surface area contributed by atoms with Gasteiger partial charge >= 0.3 is 6.09 Å². The van der Waals surface area contributed by atoms with Gasteiger partial charge in [0, 0.05) is 49.8 Å². The zero-order valence-electron chi connectivity index (χ0n) is 15.7. The Morgan fingerprint density at radius 3 is 2.60 bits per heavy atom. The van der Waals surface area contributed by atoms with Crippen LogP contribution in [0, 0.1) is 0 Å². The van der Waals surface area contributed by atoms with Crippen molar-refractivity contribution in [2.45, 2.75) is 51.8 Å². The van der Waals surface area contributed by atoms with Crippen molar-refractivity contribution in [3.63, 3.8) is 0 Å². The Hall–Kier alpha value is -2.01. The molecule has 5 nitrogen and oxygen atoms in total. The predicted molar refractivity (Wildman–Crippen MR) is 101 cm³/mol. The molecule has 1 N–H and O–H groups in total. The maximum atomic E-state index is 12.1. The molecule has 1 aromatic carbocycles. The van der Waals surface area contributed by atoms with Crippen molar-refractivity contribution in [2.24, 2.45) is 7.05 Å². The highest BCUT2D eigenvalue weighted by Gasteiger charge is 2.26. The number of hydrogen-bond donors (Lipinski definition) is 1. The van der Waals surface area contributed by atoms with E-state index in [2.05, 4.69) is 47.4 Å². The zero-order chi connectivity index (χ0) is 18.0. The summed E-state index contributed by atoms with van der Waals surface area (Å²) < 4.78 is 7.63. The van der Waals surface area contributed by atoms with Gasteiger partial charge in [-0.1, -0.05) is 18.2 Å². The van der Waals surface area contributed by atoms with E-state index in [1.807, 2.05) is 25.7 Å². The number of amides is 1. The van der Waals surface area contributed by atoms with Crippen molar-refractivity contribution >= 4 is 17.0 Å². The first-order chi connectivity index (χ1) is 11.8. The standard InChI is InChI=1S/C20H29N3O2/c1-20(2,3)25-19(24)23-11-9-16(10-12-23)21-13-15-14-22(4)18-8-6-5-7-17(15)18/h5-8,14,16,21H,9-13H2,1-4H3. The molecule has 1 aliphatic heterocycles. The summed E-state index contributed by atoms with van der Waals surface area (Å²) in [6.45, 7) is 8.08. The number of rotatable bonds is 3. The molecule has 0 spiro atoms. The van der Waals surface area contributed by atoms with Crippen LogP contribution in [0.5, 0.6) is 0 Å². The molecule has 1 saturated heterocycles. The summed E-state index contributed by atoms with van der Waals surface area (Å²) in [5.41, 5.74) is 2.16. The lowest BCUT2D eigenvalue weighted by molar-refractivity contribution is 0.0198. The first-order valence-electron chi connectivity index (χ1n) is 9.08. The Labute approximate surface area is 149 Å². The Bertz CT molecular complexity index is 737. The van der Waals surface area contributed by atoms with Crippen molar-refractivity contribution in [2.75, 3.05) is 13.1 Å². The topological polar surface area (TPSA) is 46.5 Å². The number of nitrogens with one attached hydrogen (secondary N) is 1. The molecule has 0 radical (unpaired) electrons. The molecule has 25 heavy (non-hydrogen) atoms. The van der Waals surface area contributed by atoms with Crippen LogP contribution in [-0.2, 0) is 18.3 Å². The average Bonchev–Trinajstić information content (AvgIpc) is 2.88. The Kier molecular flexibility index (Phi) is 5.04. The summed E-state index contributed by atoms with van der Waals surface area (Å²) in [5.74, 6) is 0. The van der Waals surface area contributed by atoms with Gasteiger partial charge in [-0.05, 0) is 45.2 Å². The van der Waals surface area contributed by atoms with Gasteiger partial charge in [-0.15, -0.1) is 0 Å². The Morgan fingerprint density at radius 2 is 1.92 bits per heavy atom. The highest BCUT2D eigenvalue weighted by atomic mass is 16.6. The summed E-state index contributed by atoms with van der Waals surface area (Å²) in [4.78, 5) is 14.0. The number of fused-ring (bicyclic) bond motifs is 1. The lowest BCUT2D eigenvalue weighted by Crippen LogP contribution is -2.46. The number of ether oxygens (including phenoxy) is 1. The average molecular weight is 343 g/mol. The van der Waals surface area contributed by atoms with Gasteiger partial charge in [0.1, 0.15) is 5.60 Å². The Balaban J connectivity index is 1.52. The van der Waals surface area contributed by atoms with Gasteiger partial charge in [-0.2, -0.15) is 0 Å².